The fourth-order valence-corrected chi connectivity index (χ4v) is 6.47. The Hall–Kier alpha value is -1.35. The smallest absolute Gasteiger partial charge is 0.311 e. The van der Waals surface area contributed by atoms with Crippen LogP contribution in [-0.2, 0) is 14.3 Å². The summed E-state index contributed by atoms with van der Waals surface area (Å²) in [5.74, 6) is 4.62. The van der Waals surface area contributed by atoms with E-state index in [1.165, 1.54) is 25.5 Å². The van der Waals surface area contributed by atoms with Crippen LogP contribution in [-0.4, -0.2) is 25.3 Å². The number of methoxy groups -OCH3 is 1. The van der Waals surface area contributed by atoms with Gasteiger partial charge in [0.1, 0.15) is 0 Å². The van der Waals surface area contributed by atoms with Crippen LogP contribution in [0.1, 0.15) is 70.8 Å². The van der Waals surface area contributed by atoms with Gasteiger partial charge in [0.25, 0.3) is 0 Å². The first-order valence-corrected chi connectivity index (χ1v) is 11.2. The van der Waals surface area contributed by atoms with Gasteiger partial charge in [0.15, 0.2) is 0 Å². The van der Waals surface area contributed by atoms with Gasteiger partial charge >= 0.3 is 5.97 Å². The minimum absolute atomic E-state index is 0.133. The van der Waals surface area contributed by atoms with Gasteiger partial charge in [-0.15, -0.1) is 0 Å². The SMILES string of the molecule is C1CC2CC1C1CC3OC3C21.CCC(CC(C)(C)C(=O)OC)c1ccccc1. The molecule has 1 saturated heterocycles. The highest BCUT2D eigenvalue weighted by molar-refractivity contribution is 5.75. The zero-order valence-electron chi connectivity index (χ0n) is 17.9. The molecule has 1 aromatic carbocycles. The molecular formula is C25H36O3. The van der Waals surface area contributed by atoms with Crippen molar-refractivity contribution in [3.63, 3.8) is 0 Å². The second kappa shape index (κ2) is 7.82. The van der Waals surface area contributed by atoms with Crippen molar-refractivity contribution >= 4 is 5.97 Å². The molecule has 0 N–H and O–H groups in total. The quantitative estimate of drug-likeness (QED) is 0.491. The highest BCUT2D eigenvalue weighted by Gasteiger charge is 2.64. The second-order valence-electron chi connectivity index (χ2n) is 10.0. The third kappa shape index (κ3) is 3.75. The number of carbonyl (C=O) groups is 1. The molecule has 3 saturated carbocycles. The molecule has 4 fully saturated rings. The van der Waals surface area contributed by atoms with E-state index in [0.29, 0.717) is 5.92 Å². The topological polar surface area (TPSA) is 38.8 Å². The molecule has 4 aliphatic rings. The fraction of sp³-hybridized carbons (Fsp3) is 0.720. The number of epoxide rings is 1. The number of ether oxygens (including phenoxy) is 2. The Bertz CT molecular complexity index is 682. The molecule has 0 spiro atoms. The molecular weight excluding hydrogens is 348 g/mol. The van der Waals surface area contributed by atoms with Crippen LogP contribution in [0.4, 0.5) is 0 Å². The van der Waals surface area contributed by atoms with Gasteiger partial charge in [0.05, 0.1) is 24.7 Å². The number of benzene rings is 1. The van der Waals surface area contributed by atoms with E-state index in [1.54, 1.807) is 12.8 Å². The largest absolute Gasteiger partial charge is 0.469 e. The van der Waals surface area contributed by atoms with Gasteiger partial charge in [-0.25, -0.2) is 0 Å². The Labute approximate surface area is 170 Å². The van der Waals surface area contributed by atoms with E-state index in [9.17, 15) is 4.79 Å². The molecule has 7 atom stereocenters. The van der Waals surface area contributed by atoms with E-state index < -0.39 is 5.41 Å². The van der Waals surface area contributed by atoms with Gasteiger partial charge in [-0.1, -0.05) is 37.3 Å². The van der Waals surface area contributed by atoms with Crippen molar-refractivity contribution in [3.8, 4) is 0 Å². The molecule has 3 nitrogen and oxygen atoms in total. The van der Waals surface area contributed by atoms with Crippen LogP contribution < -0.4 is 0 Å². The van der Waals surface area contributed by atoms with E-state index in [0.717, 1.165) is 48.7 Å². The monoisotopic (exact) mass is 384 g/mol. The van der Waals surface area contributed by atoms with E-state index >= 15 is 0 Å². The number of hydrogen-bond acceptors (Lipinski definition) is 3. The van der Waals surface area contributed by atoms with E-state index in [2.05, 4.69) is 19.1 Å². The molecule has 28 heavy (non-hydrogen) atoms. The lowest BCUT2D eigenvalue weighted by Crippen LogP contribution is -2.27. The summed E-state index contributed by atoms with van der Waals surface area (Å²) in [6.07, 6.45) is 9.39. The molecule has 3 heteroatoms. The standard InChI is InChI=1S/C15H22O2.C10H14O/c1-5-12(13-9-7-6-8-10-13)11-15(2,3)14(16)17-4;1-2-6-3-5(1)7-4-8-10(11-8)9(6)7/h6-10,12H,5,11H2,1-4H3;5-10H,1-4H2. The lowest BCUT2D eigenvalue weighted by atomic mass is 9.79. The summed E-state index contributed by atoms with van der Waals surface area (Å²) >= 11 is 0. The molecule has 1 aliphatic heterocycles. The lowest BCUT2D eigenvalue weighted by molar-refractivity contribution is -0.151. The molecule has 3 aliphatic carbocycles. The summed E-state index contributed by atoms with van der Waals surface area (Å²) in [5.41, 5.74) is 0.873. The van der Waals surface area contributed by atoms with E-state index in [-0.39, 0.29) is 5.97 Å². The van der Waals surface area contributed by atoms with Crippen molar-refractivity contribution < 1.29 is 14.3 Å². The highest BCUT2D eigenvalue weighted by Crippen LogP contribution is 2.64. The zero-order chi connectivity index (χ0) is 19.9. The maximum atomic E-state index is 11.7. The summed E-state index contributed by atoms with van der Waals surface area (Å²) in [4.78, 5) is 11.7. The molecule has 0 aromatic heterocycles. The summed E-state index contributed by atoms with van der Waals surface area (Å²) in [6, 6.07) is 10.4. The molecule has 1 aromatic rings. The van der Waals surface area contributed by atoms with Crippen LogP contribution in [0.15, 0.2) is 30.3 Å². The van der Waals surface area contributed by atoms with E-state index in [1.807, 2.05) is 32.0 Å². The summed E-state index contributed by atoms with van der Waals surface area (Å²) in [5, 5.41) is 0. The first-order valence-electron chi connectivity index (χ1n) is 11.2. The van der Waals surface area contributed by atoms with E-state index in [4.69, 9.17) is 9.47 Å². The third-order valence-corrected chi connectivity index (χ3v) is 7.92. The molecule has 2 bridgehead atoms. The van der Waals surface area contributed by atoms with Crippen molar-refractivity contribution in [1.82, 2.24) is 0 Å². The summed E-state index contributed by atoms with van der Waals surface area (Å²) < 4.78 is 10.5. The van der Waals surface area contributed by atoms with Gasteiger partial charge in [-0.05, 0) is 87.5 Å². The maximum Gasteiger partial charge on any atom is 0.311 e. The van der Waals surface area contributed by atoms with Crippen molar-refractivity contribution in [1.29, 1.82) is 0 Å². The van der Waals surface area contributed by atoms with Gasteiger partial charge < -0.3 is 9.47 Å². The average Bonchev–Trinajstić information content (AvgIpc) is 3.06. The van der Waals surface area contributed by atoms with Crippen LogP contribution >= 0.6 is 0 Å². The Kier molecular flexibility index (Phi) is 5.57. The van der Waals surface area contributed by atoms with Crippen molar-refractivity contribution in [2.75, 3.05) is 7.11 Å². The normalized spacial score (nSPS) is 35.4. The van der Waals surface area contributed by atoms with Crippen LogP contribution in [0.5, 0.6) is 0 Å². The maximum absolute atomic E-state index is 11.7. The summed E-state index contributed by atoms with van der Waals surface area (Å²) in [6.45, 7) is 6.06. The highest BCUT2D eigenvalue weighted by atomic mass is 16.6. The molecule has 0 amide bonds. The third-order valence-electron chi connectivity index (χ3n) is 7.92. The van der Waals surface area contributed by atoms with Crippen molar-refractivity contribution in [2.45, 2.75) is 77.4 Å². The average molecular weight is 385 g/mol. The lowest BCUT2D eigenvalue weighted by Gasteiger charge is -2.27. The first kappa shape index (κ1) is 19.9. The van der Waals surface area contributed by atoms with Crippen molar-refractivity contribution in [3.05, 3.63) is 35.9 Å². The van der Waals surface area contributed by atoms with Crippen LogP contribution in [0.3, 0.4) is 0 Å². The number of rotatable bonds is 5. The predicted molar refractivity (Wildman–Crippen MR) is 111 cm³/mol. The van der Waals surface area contributed by atoms with Crippen molar-refractivity contribution in [2.24, 2.45) is 29.1 Å². The molecule has 154 valence electrons. The Morgan fingerprint density at radius 2 is 1.89 bits per heavy atom. The zero-order valence-corrected chi connectivity index (χ0v) is 17.9. The predicted octanol–water partition coefficient (Wildman–Crippen LogP) is 5.59. The summed E-state index contributed by atoms with van der Waals surface area (Å²) in [7, 11) is 1.45. The van der Waals surface area contributed by atoms with Crippen LogP contribution in [0.25, 0.3) is 0 Å². The Morgan fingerprint density at radius 1 is 1.18 bits per heavy atom. The molecule has 7 unspecified atom stereocenters. The minimum atomic E-state index is -0.425. The first-order chi connectivity index (χ1) is 13.4. The van der Waals surface area contributed by atoms with Gasteiger partial charge in [-0.3, -0.25) is 4.79 Å². The van der Waals surface area contributed by atoms with Gasteiger partial charge in [-0.2, -0.15) is 0 Å². The van der Waals surface area contributed by atoms with Crippen LogP contribution in [0, 0.1) is 29.1 Å². The second-order valence-corrected chi connectivity index (χ2v) is 10.0. The molecule has 0 radical (unpaired) electrons. The number of carbonyl (C=O) groups excluding carboxylic acids is 1. The number of esters is 1. The van der Waals surface area contributed by atoms with Crippen LogP contribution in [0.2, 0.25) is 0 Å². The number of fused-ring (bicyclic) bond motifs is 7. The fourth-order valence-electron chi connectivity index (χ4n) is 6.47. The van der Waals surface area contributed by atoms with Gasteiger partial charge in [0, 0.05) is 0 Å². The molecule has 1 heterocycles. The minimum Gasteiger partial charge on any atom is -0.469 e. The van der Waals surface area contributed by atoms with Gasteiger partial charge in [0.2, 0.25) is 0 Å². The number of hydrogen-bond donors (Lipinski definition) is 0. The Morgan fingerprint density at radius 3 is 2.54 bits per heavy atom. The Balaban J connectivity index is 0.000000147. The molecule has 5 rings (SSSR count).